The van der Waals surface area contributed by atoms with Gasteiger partial charge >= 0.3 is 0 Å². The number of aliphatic hydroxyl groups is 1. The van der Waals surface area contributed by atoms with E-state index in [1.807, 2.05) is 0 Å². The number of aliphatic hydroxyl groups excluding tert-OH is 1. The molecule has 0 aromatic heterocycles. The molecule has 5 heteroatoms. The molecule has 0 heterocycles. The Morgan fingerprint density at radius 3 is 1.44 bits per heavy atom. The van der Waals surface area contributed by atoms with Crippen LogP contribution in [0.15, 0.2) is 0 Å². The van der Waals surface area contributed by atoms with Gasteiger partial charge in [0.2, 0.25) is 0 Å². The second kappa shape index (κ2) is 20.0. The summed E-state index contributed by atoms with van der Waals surface area (Å²) in [5.41, 5.74) is 0. The molecule has 0 amide bonds. The zero-order valence-corrected chi connectivity index (χ0v) is 14.1. The van der Waals surface area contributed by atoms with Gasteiger partial charge < -0.3 is 19.3 Å². The molecule has 108 valence electrons. The van der Waals surface area contributed by atoms with Gasteiger partial charge in [-0.25, -0.2) is 0 Å². The quantitative estimate of drug-likeness (QED) is 0.492. The van der Waals surface area contributed by atoms with E-state index in [0.717, 1.165) is 52.1 Å². The largest absolute Gasteiger partial charge is 0.396 e. The second-order valence-electron chi connectivity index (χ2n) is 3.97. The van der Waals surface area contributed by atoms with Crippen molar-refractivity contribution in [2.45, 2.75) is 39.0 Å². The Bertz CT molecular complexity index is 122. The van der Waals surface area contributed by atoms with Crippen LogP contribution in [-0.4, -0.2) is 51.4 Å². The van der Waals surface area contributed by atoms with Crippen LogP contribution in [0.2, 0.25) is 0 Å². The van der Waals surface area contributed by atoms with Gasteiger partial charge in [0.25, 0.3) is 0 Å². The van der Waals surface area contributed by atoms with E-state index in [1.54, 1.807) is 0 Å². The molecule has 0 radical (unpaired) electrons. The Morgan fingerprint density at radius 1 is 0.667 bits per heavy atom. The molecule has 4 nitrogen and oxygen atoms in total. The van der Waals surface area contributed by atoms with Crippen LogP contribution in [0.1, 0.15) is 39.0 Å². The molecule has 18 heavy (non-hydrogen) atoms. The summed E-state index contributed by atoms with van der Waals surface area (Å²) >= 11 is 0. The molecule has 0 rings (SSSR count). The van der Waals surface area contributed by atoms with Crippen molar-refractivity contribution in [3.8, 4) is 0 Å². The van der Waals surface area contributed by atoms with Gasteiger partial charge in [0.05, 0.1) is 0 Å². The fourth-order valence-electron chi connectivity index (χ4n) is 1.25. The van der Waals surface area contributed by atoms with Crippen molar-refractivity contribution in [3.63, 3.8) is 0 Å². The van der Waals surface area contributed by atoms with Crippen molar-refractivity contribution in [2.24, 2.45) is 0 Å². The maximum atomic E-state index is 8.53. The fraction of sp³-hybridized carbons (Fsp3) is 1.00. The molecule has 0 aliphatic heterocycles. The first-order valence-corrected chi connectivity index (χ1v) is 6.76. The SMILES string of the molecule is CCCCOCCCOCCCOCCCO.[Zr]. The molecule has 0 aromatic carbocycles. The van der Waals surface area contributed by atoms with E-state index in [9.17, 15) is 0 Å². The van der Waals surface area contributed by atoms with E-state index in [0.29, 0.717) is 13.2 Å². The van der Waals surface area contributed by atoms with Gasteiger partial charge in [0.15, 0.2) is 0 Å². The molecule has 0 bridgehead atoms. The standard InChI is InChI=1S/C13H28O4.Zr/c1-2-3-8-15-10-5-12-17-13-6-11-16-9-4-7-14;/h14H,2-13H2,1H3;. The number of rotatable bonds is 14. The first-order valence-electron chi connectivity index (χ1n) is 6.76. The van der Waals surface area contributed by atoms with Crippen LogP contribution in [0, 0.1) is 0 Å². The summed E-state index contributed by atoms with van der Waals surface area (Å²) in [5.74, 6) is 0. The third-order valence-corrected chi connectivity index (χ3v) is 2.24. The molecule has 0 saturated carbocycles. The molecule has 1 N–H and O–H groups in total. The first-order chi connectivity index (χ1) is 8.41. The fourth-order valence-corrected chi connectivity index (χ4v) is 1.25. The summed E-state index contributed by atoms with van der Waals surface area (Å²) in [6.45, 7) is 6.90. The van der Waals surface area contributed by atoms with Gasteiger partial charge in [-0.05, 0) is 25.7 Å². The molecule has 0 atom stereocenters. The smallest absolute Gasteiger partial charge is 0.0488 e. The van der Waals surface area contributed by atoms with Gasteiger partial charge in [0, 0.05) is 72.5 Å². The second-order valence-corrected chi connectivity index (χ2v) is 3.97. The van der Waals surface area contributed by atoms with Crippen LogP contribution >= 0.6 is 0 Å². The van der Waals surface area contributed by atoms with Crippen LogP contribution in [0.5, 0.6) is 0 Å². The molecule has 0 unspecified atom stereocenters. The van der Waals surface area contributed by atoms with Crippen molar-refractivity contribution < 1.29 is 45.5 Å². The molecule has 0 aliphatic rings. The van der Waals surface area contributed by atoms with E-state index < -0.39 is 0 Å². The van der Waals surface area contributed by atoms with Gasteiger partial charge in [-0.2, -0.15) is 0 Å². The summed E-state index contributed by atoms with van der Waals surface area (Å²) in [7, 11) is 0. The molecular weight excluding hydrogens is 311 g/mol. The summed E-state index contributed by atoms with van der Waals surface area (Å²) in [6.07, 6.45) is 4.94. The van der Waals surface area contributed by atoms with Gasteiger partial charge in [-0.1, -0.05) is 13.3 Å². The number of hydrogen-bond donors (Lipinski definition) is 1. The first kappa shape index (κ1) is 21.0. The zero-order chi connectivity index (χ0) is 12.6. The summed E-state index contributed by atoms with van der Waals surface area (Å²) in [4.78, 5) is 0. The van der Waals surface area contributed by atoms with E-state index in [1.165, 1.54) is 6.42 Å². The predicted molar refractivity (Wildman–Crippen MR) is 68.3 cm³/mol. The Hall–Kier alpha value is 0.723. The van der Waals surface area contributed by atoms with Gasteiger partial charge in [0.1, 0.15) is 0 Å². The third kappa shape index (κ3) is 19.1. The number of ether oxygens (including phenoxy) is 3. The van der Waals surface area contributed by atoms with E-state index in [4.69, 9.17) is 19.3 Å². The Labute approximate surface area is 131 Å². The maximum Gasteiger partial charge on any atom is 0.0488 e. The monoisotopic (exact) mass is 338 g/mol. The predicted octanol–water partition coefficient (Wildman–Crippen LogP) is 2.00. The average molecular weight is 340 g/mol. The van der Waals surface area contributed by atoms with E-state index >= 15 is 0 Å². The van der Waals surface area contributed by atoms with E-state index in [-0.39, 0.29) is 32.8 Å². The summed E-state index contributed by atoms with van der Waals surface area (Å²) in [5, 5.41) is 8.53. The van der Waals surface area contributed by atoms with Crippen LogP contribution in [-0.2, 0) is 40.4 Å². The van der Waals surface area contributed by atoms with Crippen molar-refractivity contribution in [3.05, 3.63) is 0 Å². The van der Waals surface area contributed by atoms with Crippen molar-refractivity contribution in [1.82, 2.24) is 0 Å². The van der Waals surface area contributed by atoms with Crippen molar-refractivity contribution >= 4 is 0 Å². The van der Waals surface area contributed by atoms with Crippen LogP contribution in [0.3, 0.4) is 0 Å². The van der Waals surface area contributed by atoms with Gasteiger partial charge in [-0.15, -0.1) is 0 Å². The zero-order valence-electron chi connectivity index (χ0n) is 11.7. The topological polar surface area (TPSA) is 47.9 Å². The maximum absolute atomic E-state index is 8.53. The summed E-state index contributed by atoms with van der Waals surface area (Å²) in [6, 6.07) is 0. The summed E-state index contributed by atoms with van der Waals surface area (Å²) < 4.78 is 16.1. The minimum atomic E-state index is 0. The third-order valence-electron chi connectivity index (χ3n) is 2.24. The average Bonchev–Trinajstić information content (AvgIpc) is 2.35. The van der Waals surface area contributed by atoms with Crippen LogP contribution < -0.4 is 0 Å². The van der Waals surface area contributed by atoms with Crippen molar-refractivity contribution in [2.75, 3.05) is 46.2 Å². The molecule has 0 aromatic rings. The normalized spacial score (nSPS) is 10.3. The van der Waals surface area contributed by atoms with Crippen molar-refractivity contribution in [1.29, 1.82) is 0 Å². The van der Waals surface area contributed by atoms with Gasteiger partial charge in [-0.3, -0.25) is 0 Å². The molecule has 0 saturated heterocycles. The molecular formula is C13H28O4Zr. The molecule has 0 aliphatic carbocycles. The van der Waals surface area contributed by atoms with Crippen LogP contribution in [0.25, 0.3) is 0 Å². The Kier molecular flexibility index (Phi) is 23.4. The molecule has 0 fully saturated rings. The number of hydrogen-bond acceptors (Lipinski definition) is 4. The van der Waals surface area contributed by atoms with Crippen LogP contribution in [0.4, 0.5) is 0 Å². The Morgan fingerprint density at radius 2 is 1.06 bits per heavy atom. The molecule has 0 spiro atoms. The minimum absolute atomic E-state index is 0. The minimum Gasteiger partial charge on any atom is -0.396 e. The Balaban J connectivity index is 0. The number of unbranched alkanes of at least 4 members (excludes halogenated alkanes) is 1. The van der Waals surface area contributed by atoms with E-state index in [2.05, 4.69) is 6.92 Å².